The lowest BCUT2D eigenvalue weighted by molar-refractivity contribution is -0.153. The van der Waals surface area contributed by atoms with Crippen LogP contribution in [0.5, 0.6) is 11.5 Å². The minimum absolute atomic E-state index is 0.137. The SMILES string of the molecule is COc1ccccc1CCC(=O)O[C@@H](C)C(=O)Nc1cc(Cl)ccc1OC. The van der Waals surface area contributed by atoms with Gasteiger partial charge in [0.05, 0.1) is 19.9 Å². The number of methoxy groups -OCH3 is 2. The van der Waals surface area contributed by atoms with Crippen molar-refractivity contribution in [3.05, 3.63) is 53.1 Å². The number of aryl methyl sites for hydroxylation is 1. The fourth-order valence-corrected chi connectivity index (χ4v) is 2.64. The van der Waals surface area contributed by atoms with Crippen LogP contribution in [-0.2, 0) is 20.7 Å². The van der Waals surface area contributed by atoms with Crippen LogP contribution in [0.15, 0.2) is 42.5 Å². The van der Waals surface area contributed by atoms with E-state index >= 15 is 0 Å². The molecule has 1 amide bonds. The van der Waals surface area contributed by atoms with Crippen molar-refractivity contribution in [2.24, 2.45) is 0 Å². The van der Waals surface area contributed by atoms with E-state index in [0.717, 1.165) is 5.56 Å². The number of amides is 1. The smallest absolute Gasteiger partial charge is 0.306 e. The maximum atomic E-state index is 12.3. The molecule has 0 aliphatic carbocycles. The summed E-state index contributed by atoms with van der Waals surface area (Å²) in [5, 5.41) is 3.11. The second-order valence-corrected chi connectivity index (χ2v) is 6.21. The van der Waals surface area contributed by atoms with Crippen molar-refractivity contribution in [1.82, 2.24) is 0 Å². The third kappa shape index (κ3) is 5.89. The highest BCUT2D eigenvalue weighted by molar-refractivity contribution is 6.31. The Morgan fingerprint density at radius 1 is 1.07 bits per heavy atom. The molecule has 0 spiro atoms. The monoisotopic (exact) mass is 391 g/mol. The molecule has 1 atom stereocenters. The van der Waals surface area contributed by atoms with E-state index in [-0.39, 0.29) is 6.42 Å². The van der Waals surface area contributed by atoms with Crippen molar-refractivity contribution >= 4 is 29.2 Å². The largest absolute Gasteiger partial charge is 0.496 e. The van der Waals surface area contributed by atoms with Gasteiger partial charge in [0.15, 0.2) is 6.10 Å². The Bertz CT molecular complexity index is 809. The summed E-state index contributed by atoms with van der Waals surface area (Å²) in [5.41, 5.74) is 1.31. The number of nitrogens with one attached hydrogen (secondary N) is 1. The third-order valence-corrected chi connectivity index (χ3v) is 4.12. The van der Waals surface area contributed by atoms with Crippen molar-refractivity contribution in [2.75, 3.05) is 19.5 Å². The normalized spacial score (nSPS) is 11.4. The molecule has 2 aromatic carbocycles. The summed E-state index contributed by atoms with van der Waals surface area (Å²) >= 11 is 5.94. The predicted molar refractivity (Wildman–Crippen MR) is 104 cm³/mol. The van der Waals surface area contributed by atoms with E-state index < -0.39 is 18.0 Å². The molecule has 0 fully saturated rings. The molecule has 0 aliphatic rings. The molecule has 2 rings (SSSR count). The maximum Gasteiger partial charge on any atom is 0.306 e. The van der Waals surface area contributed by atoms with Gasteiger partial charge in [-0.2, -0.15) is 0 Å². The summed E-state index contributed by atoms with van der Waals surface area (Å²) in [6, 6.07) is 12.3. The van der Waals surface area contributed by atoms with Gasteiger partial charge < -0.3 is 19.5 Å². The van der Waals surface area contributed by atoms with E-state index in [1.54, 1.807) is 25.3 Å². The van der Waals surface area contributed by atoms with Crippen molar-refractivity contribution < 1.29 is 23.8 Å². The van der Waals surface area contributed by atoms with Crippen molar-refractivity contribution in [3.63, 3.8) is 0 Å². The summed E-state index contributed by atoms with van der Waals surface area (Å²) in [5.74, 6) is 0.231. The van der Waals surface area contributed by atoms with E-state index in [2.05, 4.69) is 5.32 Å². The van der Waals surface area contributed by atoms with Gasteiger partial charge in [-0.3, -0.25) is 9.59 Å². The zero-order chi connectivity index (χ0) is 19.8. The molecular weight excluding hydrogens is 370 g/mol. The van der Waals surface area contributed by atoms with Crippen LogP contribution >= 0.6 is 11.6 Å². The van der Waals surface area contributed by atoms with Gasteiger partial charge in [-0.1, -0.05) is 29.8 Å². The maximum absolute atomic E-state index is 12.3. The first-order valence-electron chi connectivity index (χ1n) is 8.40. The number of para-hydroxylation sites is 1. The highest BCUT2D eigenvalue weighted by Gasteiger charge is 2.19. The lowest BCUT2D eigenvalue weighted by Crippen LogP contribution is -2.30. The predicted octanol–water partition coefficient (Wildman–Crippen LogP) is 3.86. The number of rotatable bonds is 8. The molecule has 0 heterocycles. The number of carbonyl (C=O) groups is 2. The fourth-order valence-electron chi connectivity index (χ4n) is 2.47. The van der Waals surface area contributed by atoms with Crippen LogP contribution in [0.2, 0.25) is 5.02 Å². The van der Waals surface area contributed by atoms with Crippen molar-refractivity contribution in [3.8, 4) is 11.5 Å². The Morgan fingerprint density at radius 2 is 1.78 bits per heavy atom. The van der Waals surface area contributed by atoms with Crippen LogP contribution < -0.4 is 14.8 Å². The summed E-state index contributed by atoms with van der Waals surface area (Å²) in [7, 11) is 3.06. The van der Waals surface area contributed by atoms with Gasteiger partial charge in [0.25, 0.3) is 5.91 Å². The molecule has 1 N–H and O–H groups in total. The molecule has 144 valence electrons. The van der Waals surface area contributed by atoms with Crippen molar-refractivity contribution in [1.29, 1.82) is 0 Å². The van der Waals surface area contributed by atoms with Gasteiger partial charge in [0, 0.05) is 11.4 Å². The van der Waals surface area contributed by atoms with Gasteiger partial charge in [0.1, 0.15) is 11.5 Å². The molecule has 0 unspecified atom stereocenters. The first-order valence-corrected chi connectivity index (χ1v) is 8.78. The van der Waals surface area contributed by atoms with Gasteiger partial charge >= 0.3 is 5.97 Å². The van der Waals surface area contributed by atoms with Crippen LogP contribution in [0.25, 0.3) is 0 Å². The van der Waals surface area contributed by atoms with Crippen LogP contribution in [0.1, 0.15) is 18.9 Å². The lowest BCUT2D eigenvalue weighted by atomic mass is 10.1. The van der Waals surface area contributed by atoms with Crippen LogP contribution in [0.3, 0.4) is 0 Å². The highest BCUT2D eigenvalue weighted by atomic mass is 35.5. The molecule has 6 nitrogen and oxygen atoms in total. The first-order chi connectivity index (χ1) is 12.9. The quantitative estimate of drug-likeness (QED) is 0.691. The molecule has 0 bridgehead atoms. The Labute approximate surface area is 163 Å². The van der Waals surface area contributed by atoms with E-state index in [9.17, 15) is 9.59 Å². The topological polar surface area (TPSA) is 73.9 Å². The number of ether oxygens (including phenoxy) is 3. The Kier molecular flexibility index (Phi) is 7.49. The standard InChI is InChI=1S/C20H22ClNO5/c1-13(20(24)22-16-12-15(21)9-10-18(16)26-3)27-19(23)11-8-14-6-4-5-7-17(14)25-2/h4-7,9-10,12-13H,8,11H2,1-3H3,(H,22,24)/t13-/m0/s1. The van der Waals surface area contributed by atoms with Crippen molar-refractivity contribution in [2.45, 2.75) is 25.9 Å². The van der Waals surface area contributed by atoms with Crippen LogP contribution in [0.4, 0.5) is 5.69 Å². The van der Waals surface area contributed by atoms with Gasteiger partial charge in [-0.15, -0.1) is 0 Å². The minimum Gasteiger partial charge on any atom is -0.496 e. The molecule has 0 aromatic heterocycles. The van der Waals surface area contributed by atoms with Gasteiger partial charge in [-0.05, 0) is 43.2 Å². The molecule has 0 saturated carbocycles. The minimum atomic E-state index is -0.959. The second kappa shape index (κ2) is 9.83. The van der Waals surface area contributed by atoms with Crippen LogP contribution in [-0.4, -0.2) is 32.2 Å². The number of anilines is 1. The van der Waals surface area contributed by atoms with E-state index in [4.69, 9.17) is 25.8 Å². The van der Waals surface area contributed by atoms with Gasteiger partial charge in [0.2, 0.25) is 0 Å². The molecule has 0 aliphatic heterocycles. The van der Waals surface area contributed by atoms with Crippen LogP contribution in [0, 0.1) is 0 Å². The van der Waals surface area contributed by atoms with Gasteiger partial charge in [-0.25, -0.2) is 0 Å². The summed E-state index contributed by atoms with van der Waals surface area (Å²) in [6.45, 7) is 1.51. The molecule has 27 heavy (non-hydrogen) atoms. The fraction of sp³-hybridized carbons (Fsp3) is 0.300. The van der Waals surface area contributed by atoms with E-state index in [1.165, 1.54) is 14.0 Å². The third-order valence-electron chi connectivity index (χ3n) is 3.89. The molecule has 0 radical (unpaired) electrons. The number of benzene rings is 2. The zero-order valence-corrected chi connectivity index (χ0v) is 16.2. The number of esters is 1. The highest BCUT2D eigenvalue weighted by Crippen LogP contribution is 2.28. The van der Waals surface area contributed by atoms with E-state index in [0.29, 0.717) is 28.6 Å². The second-order valence-electron chi connectivity index (χ2n) is 5.78. The Hall–Kier alpha value is -2.73. The summed E-state index contributed by atoms with van der Waals surface area (Å²) in [6.07, 6.45) is -0.364. The number of hydrogen-bond donors (Lipinski definition) is 1. The number of carbonyl (C=O) groups excluding carboxylic acids is 2. The molecule has 2 aromatic rings. The number of hydrogen-bond acceptors (Lipinski definition) is 5. The molecular formula is C20H22ClNO5. The summed E-state index contributed by atoms with van der Waals surface area (Å²) in [4.78, 5) is 24.4. The first kappa shape index (κ1) is 20.6. The Balaban J connectivity index is 1.90. The molecule has 7 heteroatoms. The molecule has 0 saturated heterocycles. The zero-order valence-electron chi connectivity index (χ0n) is 15.5. The summed E-state index contributed by atoms with van der Waals surface area (Å²) < 4.78 is 15.7. The Morgan fingerprint density at radius 3 is 2.48 bits per heavy atom. The van der Waals surface area contributed by atoms with E-state index in [1.807, 2.05) is 24.3 Å². The lowest BCUT2D eigenvalue weighted by Gasteiger charge is -2.15. The average molecular weight is 392 g/mol. The average Bonchev–Trinajstić information content (AvgIpc) is 2.66. The number of halogens is 1.